The van der Waals surface area contributed by atoms with Crippen LogP contribution < -0.4 is 10.1 Å². The van der Waals surface area contributed by atoms with Crippen molar-refractivity contribution in [3.05, 3.63) is 64.7 Å². The quantitative estimate of drug-likeness (QED) is 0.552. The molecular formula is C25H32ClN3O3S. The van der Waals surface area contributed by atoms with Crippen LogP contribution in [0, 0.1) is 0 Å². The van der Waals surface area contributed by atoms with Crippen LogP contribution in [0.3, 0.4) is 0 Å². The third-order valence-corrected chi connectivity index (χ3v) is 6.87. The molecule has 0 saturated carbocycles. The predicted molar refractivity (Wildman–Crippen MR) is 135 cm³/mol. The lowest BCUT2D eigenvalue weighted by Gasteiger charge is -2.36. The second-order valence-electron chi connectivity index (χ2n) is 8.05. The van der Waals surface area contributed by atoms with E-state index < -0.39 is 6.04 Å². The molecule has 33 heavy (non-hydrogen) atoms. The van der Waals surface area contributed by atoms with Crippen LogP contribution in [0.2, 0.25) is 5.02 Å². The molecule has 0 radical (unpaired) electrons. The van der Waals surface area contributed by atoms with Gasteiger partial charge in [-0.15, -0.1) is 0 Å². The average molecular weight is 490 g/mol. The van der Waals surface area contributed by atoms with Crippen molar-refractivity contribution in [2.24, 2.45) is 0 Å². The average Bonchev–Trinajstić information content (AvgIpc) is 2.85. The fourth-order valence-electron chi connectivity index (χ4n) is 3.87. The van der Waals surface area contributed by atoms with Crippen molar-refractivity contribution >= 4 is 35.2 Å². The van der Waals surface area contributed by atoms with E-state index in [0.29, 0.717) is 30.1 Å². The molecule has 1 atom stereocenters. The summed E-state index contributed by atoms with van der Waals surface area (Å²) in [5, 5.41) is 3.31. The van der Waals surface area contributed by atoms with Gasteiger partial charge in [0, 0.05) is 32.7 Å². The second kappa shape index (κ2) is 12.9. The Kier molecular flexibility index (Phi) is 9.91. The van der Waals surface area contributed by atoms with Crippen molar-refractivity contribution in [1.82, 2.24) is 15.1 Å². The van der Waals surface area contributed by atoms with Gasteiger partial charge >= 0.3 is 0 Å². The summed E-state index contributed by atoms with van der Waals surface area (Å²) in [6.45, 7) is 3.94. The monoisotopic (exact) mass is 489 g/mol. The maximum absolute atomic E-state index is 13.2. The molecule has 0 spiro atoms. The zero-order valence-corrected chi connectivity index (χ0v) is 20.8. The topological polar surface area (TPSA) is 61.9 Å². The highest BCUT2D eigenvalue weighted by Gasteiger charge is 2.29. The normalized spacial score (nSPS) is 15.2. The van der Waals surface area contributed by atoms with E-state index in [-0.39, 0.29) is 11.8 Å². The zero-order valence-electron chi connectivity index (χ0n) is 19.3. The predicted octanol–water partition coefficient (Wildman–Crippen LogP) is 3.59. The number of rotatable bonds is 10. The summed E-state index contributed by atoms with van der Waals surface area (Å²) >= 11 is 7.83. The molecule has 1 aliphatic heterocycles. The largest absolute Gasteiger partial charge is 0.497 e. The van der Waals surface area contributed by atoms with E-state index in [0.717, 1.165) is 37.6 Å². The molecule has 0 aliphatic carbocycles. The number of carbonyl (C=O) groups excluding carboxylic acids is 2. The first-order chi connectivity index (χ1) is 16.0. The van der Waals surface area contributed by atoms with Crippen LogP contribution >= 0.6 is 23.4 Å². The number of carbonyl (C=O) groups is 2. The fraction of sp³-hybridized carbons (Fsp3) is 0.440. The van der Waals surface area contributed by atoms with Crippen LogP contribution in [0.25, 0.3) is 0 Å². The van der Waals surface area contributed by atoms with Gasteiger partial charge in [-0.05, 0) is 54.7 Å². The van der Waals surface area contributed by atoms with Crippen LogP contribution in [0.15, 0.2) is 48.5 Å². The van der Waals surface area contributed by atoms with Crippen molar-refractivity contribution in [2.75, 3.05) is 51.8 Å². The highest BCUT2D eigenvalue weighted by Crippen LogP contribution is 2.16. The van der Waals surface area contributed by atoms with E-state index >= 15 is 0 Å². The van der Waals surface area contributed by atoms with E-state index in [1.54, 1.807) is 43.1 Å². The number of nitrogens with one attached hydrogen (secondary N) is 1. The number of nitrogens with zero attached hydrogens (tertiary/aromatic N) is 2. The van der Waals surface area contributed by atoms with Gasteiger partial charge in [-0.1, -0.05) is 35.9 Å². The van der Waals surface area contributed by atoms with Crippen LogP contribution in [-0.2, 0) is 11.2 Å². The Hall–Kier alpha value is -2.22. The van der Waals surface area contributed by atoms with Gasteiger partial charge in [-0.2, -0.15) is 11.8 Å². The number of hydrogen-bond acceptors (Lipinski definition) is 5. The molecule has 1 N–H and O–H groups in total. The molecule has 3 rings (SSSR count). The van der Waals surface area contributed by atoms with E-state index in [9.17, 15) is 9.59 Å². The Morgan fingerprint density at radius 1 is 1.09 bits per heavy atom. The highest BCUT2D eigenvalue weighted by atomic mass is 35.5. The Morgan fingerprint density at radius 2 is 1.79 bits per heavy atom. The molecule has 2 aromatic carbocycles. The minimum atomic E-state index is -0.549. The summed E-state index contributed by atoms with van der Waals surface area (Å²) < 4.78 is 5.21. The lowest BCUT2D eigenvalue weighted by Crippen LogP contribution is -2.55. The van der Waals surface area contributed by atoms with E-state index in [4.69, 9.17) is 16.3 Å². The second-order valence-corrected chi connectivity index (χ2v) is 9.45. The Balaban J connectivity index is 1.52. The molecule has 1 fully saturated rings. The molecule has 0 bridgehead atoms. The van der Waals surface area contributed by atoms with Crippen LogP contribution in [0.1, 0.15) is 22.3 Å². The SMILES string of the molecule is COc1ccc(CCN2CCN(C(=O)C(CCSC)NC(=O)c3ccccc3Cl)CC2)cc1. The first-order valence-electron chi connectivity index (χ1n) is 11.2. The first-order valence-corrected chi connectivity index (χ1v) is 13.0. The summed E-state index contributed by atoms with van der Waals surface area (Å²) in [5.41, 5.74) is 1.66. The van der Waals surface area contributed by atoms with E-state index in [1.807, 2.05) is 23.3 Å². The number of methoxy groups -OCH3 is 1. The standard InChI is InChI=1S/C25H32ClN3O3S/c1-32-20-9-7-19(8-10-20)11-13-28-14-16-29(17-15-28)25(31)23(12-18-33-2)27-24(30)21-5-3-4-6-22(21)26/h3-10,23H,11-18H2,1-2H3,(H,27,30). The first kappa shape index (κ1) is 25.4. The number of halogens is 1. The maximum atomic E-state index is 13.2. The minimum Gasteiger partial charge on any atom is -0.497 e. The zero-order chi connectivity index (χ0) is 23.6. The summed E-state index contributed by atoms with van der Waals surface area (Å²) in [6.07, 6.45) is 3.55. The fourth-order valence-corrected chi connectivity index (χ4v) is 4.56. The summed E-state index contributed by atoms with van der Waals surface area (Å²) in [5.74, 6) is 1.34. The minimum absolute atomic E-state index is 0.0146. The lowest BCUT2D eigenvalue weighted by molar-refractivity contribution is -0.135. The van der Waals surface area contributed by atoms with Gasteiger partial charge in [0.2, 0.25) is 5.91 Å². The summed E-state index contributed by atoms with van der Waals surface area (Å²) in [4.78, 5) is 30.2. The molecule has 0 aromatic heterocycles. The molecular weight excluding hydrogens is 458 g/mol. The van der Waals surface area contributed by atoms with Gasteiger partial charge in [-0.3, -0.25) is 14.5 Å². The third-order valence-electron chi connectivity index (χ3n) is 5.89. The van der Waals surface area contributed by atoms with Crippen molar-refractivity contribution in [2.45, 2.75) is 18.9 Å². The van der Waals surface area contributed by atoms with Crippen molar-refractivity contribution in [3.8, 4) is 5.75 Å². The van der Waals surface area contributed by atoms with Crippen molar-refractivity contribution < 1.29 is 14.3 Å². The molecule has 8 heteroatoms. The molecule has 1 unspecified atom stereocenters. The van der Waals surface area contributed by atoms with Crippen molar-refractivity contribution in [3.63, 3.8) is 0 Å². The Bertz CT molecular complexity index is 917. The Morgan fingerprint density at radius 3 is 2.42 bits per heavy atom. The Labute approximate surface area is 205 Å². The number of thioether (sulfide) groups is 1. The number of piperazine rings is 1. The van der Waals surface area contributed by atoms with Gasteiger partial charge in [0.15, 0.2) is 0 Å². The summed E-state index contributed by atoms with van der Waals surface area (Å²) in [7, 11) is 1.67. The number of benzene rings is 2. The molecule has 6 nitrogen and oxygen atoms in total. The van der Waals surface area contributed by atoms with Gasteiger partial charge in [0.05, 0.1) is 17.7 Å². The summed E-state index contributed by atoms with van der Waals surface area (Å²) in [6, 6.07) is 14.5. The van der Waals surface area contributed by atoms with E-state index in [1.165, 1.54) is 5.56 Å². The highest BCUT2D eigenvalue weighted by molar-refractivity contribution is 7.98. The van der Waals surface area contributed by atoms with Gasteiger partial charge in [-0.25, -0.2) is 0 Å². The van der Waals surface area contributed by atoms with Crippen LogP contribution in [-0.4, -0.2) is 79.5 Å². The smallest absolute Gasteiger partial charge is 0.253 e. The molecule has 2 amide bonds. The van der Waals surface area contributed by atoms with Gasteiger partial charge < -0.3 is 15.0 Å². The van der Waals surface area contributed by atoms with Crippen LogP contribution in [0.5, 0.6) is 5.75 Å². The molecule has 1 heterocycles. The molecule has 2 aromatic rings. The number of hydrogen-bond donors (Lipinski definition) is 1. The van der Waals surface area contributed by atoms with Crippen LogP contribution in [0.4, 0.5) is 0 Å². The third kappa shape index (κ3) is 7.39. The lowest BCUT2D eigenvalue weighted by atomic mass is 10.1. The van der Waals surface area contributed by atoms with Gasteiger partial charge in [0.25, 0.3) is 5.91 Å². The molecule has 1 saturated heterocycles. The number of ether oxygens (including phenoxy) is 1. The van der Waals surface area contributed by atoms with Crippen molar-refractivity contribution in [1.29, 1.82) is 0 Å². The van der Waals surface area contributed by atoms with Gasteiger partial charge in [0.1, 0.15) is 11.8 Å². The number of amides is 2. The van der Waals surface area contributed by atoms with E-state index in [2.05, 4.69) is 22.3 Å². The maximum Gasteiger partial charge on any atom is 0.253 e. The molecule has 178 valence electrons. The molecule has 1 aliphatic rings.